The Balaban J connectivity index is 1.50. The Morgan fingerprint density at radius 3 is 2.44 bits per heavy atom. The van der Waals surface area contributed by atoms with Crippen LogP contribution < -0.4 is 15.4 Å². The summed E-state index contributed by atoms with van der Waals surface area (Å²) in [5.41, 5.74) is 4.30. The zero-order valence-corrected chi connectivity index (χ0v) is 22.3. The van der Waals surface area contributed by atoms with Crippen molar-refractivity contribution < 1.29 is 17.6 Å². The van der Waals surface area contributed by atoms with Crippen LogP contribution in [-0.2, 0) is 21.9 Å². The minimum Gasteiger partial charge on any atom is -0.408 e. The third-order valence-corrected chi connectivity index (χ3v) is 8.35. The SMILES string of the molecule is Cc1cccc(N2CCN(C(=O)C(CC(C)C)NS(=O)(=O)c3ccc4c(c3)oc(=O)n4C)CC2)c1C. The molecule has 4 rings (SSSR count). The minimum atomic E-state index is -4.03. The Kier molecular flexibility index (Phi) is 7.28. The number of carbonyl (C=O) groups is 1. The van der Waals surface area contributed by atoms with Gasteiger partial charge in [0.2, 0.25) is 15.9 Å². The largest absolute Gasteiger partial charge is 0.419 e. The van der Waals surface area contributed by atoms with Gasteiger partial charge in [-0.1, -0.05) is 26.0 Å². The average Bonchev–Trinajstić information content (AvgIpc) is 3.12. The van der Waals surface area contributed by atoms with Crippen molar-refractivity contribution >= 4 is 32.7 Å². The van der Waals surface area contributed by atoms with Crippen LogP contribution in [0.25, 0.3) is 11.1 Å². The summed E-state index contributed by atoms with van der Waals surface area (Å²) in [6, 6.07) is 9.60. The molecule has 36 heavy (non-hydrogen) atoms. The van der Waals surface area contributed by atoms with Gasteiger partial charge in [0.25, 0.3) is 0 Å². The van der Waals surface area contributed by atoms with Crippen LogP contribution >= 0.6 is 0 Å². The maximum atomic E-state index is 13.5. The molecule has 1 aromatic heterocycles. The molecule has 0 saturated carbocycles. The highest BCUT2D eigenvalue weighted by Gasteiger charge is 2.32. The molecule has 9 nitrogen and oxygen atoms in total. The van der Waals surface area contributed by atoms with Crippen molar-refractivity contribution in [2.45, 2.75) is 45.1 Å². The van der Waals surface area contributed by atoms with E-state index in [9.17, 15) is 18.0 Å². The standard InChI is InChI=1S/C26H34N4O5S/c1-17(2)15-21(27-36(33,34)20-9-10-23-24(16-20)35-26(32)28(23)5)25(31)30-13-11-29(12-14-30)22-8-6-7-18(3)19(22)4/h6-10,16-17,21,27H,11-15H2,1-5H3. The summed E-state index contributed by atoms with van der Waals surface area (Å²) in [5.74, 6) is -0.687. The summed E-state index contributed by atoms with van der Waals surface area (Å²) in [7, 11) is -2.47. The molecule has 1 saturated heterocycles. The quantitative estimate of drug-likeness (QED) is 0.520. The fourth-order valence-corrected chi connectivity index (χ4v) is 5.89. The lowest BCUT2D eigenvalue weighted by Gasteiger charge is -2.38. The number of fused-ring (bicyclic) bond motifs is 1. The molecule has 2 heterocycles. The number of amides is 1. The van der Waals surface area contributed by atoms with Crippen LogP contribution in [0.5, 0.6) is 0 Å². The van der Waals surface area contributed by atoms with E-state index in [0.717, 1.165) is 0 Å². The molecule has 1 aliphatic heterocycles. The number of oxazole rings is 1. The molecular weight excluding hydrogens is 480 g/mol. The van der Waals surface area contributed by atoms with Crippen molar-refractivity contribution in [3.63, 3.8) is 0 Å². The molecule has 10 heteroatoms. The molecule has 194 valence electrons. The van der Waals surface area contributed by atoms with Crippen molar-refractivity contribution in [3.8, 4) is 0 Å². The third kappa shape index (κ3) is 5.19. The summed E-state index contributed by atoms with van der Waals surface area (Å²) in [4.78, 5) is 29.2. The highest BCUT2D eigenvalue weighted by Crippen LogP contribution is 2.25. The number of benzene rings is 2. The van der Waals surface area contributed by atoms with Crippen LogP contribution in [0.1, 0.15) is 31.4 Å². The molecule has 3 aromatic rings. The van der Waals surface area contributed by atoms with Crippen LogP contribution in [0.4, 0.5) is 5.69 Å². The number of rotatable bonds is 7. The zero-order valence-electron chi connectivity index (χ0n) is 21.4. The molecule has 1 aliphatic rings. The van der Waals surface area contributed by atoms with Crippen molar-refractivity contribution in [1.29, 1.82) is 0 Å². The third-order valence-electron chi connectivity index (χ3n) is 6.88. The van der Waals surface area contributed by atoms with Gasteiger partial charge in [-0.3, -0.25) is 9.36 Å². The molecular formula is C26H34N4O5S. The topological polar surface area (TPSA) is 105 Å². The maximum absolute atomic E-state index is 13.5. The van der Waals surface area contributed by atoms with Gasteiger partial charge in [-0.2, -0.15) is 4.72 Å². The van der Waals surface area contributed by atoms with Crippen LogP contribution in [-0.4, -0.2) is 56.0 Å². The van der Waals surface area contributed by atoms with Crippen LogP contribution in [0.2, 0.25) is 0 Å². The van der Waals surface area contributed by atoms with Gasteiger partial charge in [0.1, 0.15) is 6.04 Å². The lowest BCUT2D eigenvalue weighted by atomic mass is 10.0. The number of aromatic nitrogens is 1. The van der Waals surface area contributed by atoms with Gasteiger partial charge >= 0.3 is 5.76 Å². The summed E-state index contributed by atoms with van der Waals surface area (Å²) in [6.07, 6.45) is 0.373. The van der Waals surface area contributed by atoms with Gasteiger partial charge in [-0.25, -0.2) is 13.2 Å². The number of anilines is 1. The molecule has 1 amide bonds. The molecule has 1 unspecified atom stereocenters. The van der Waals surface area contributed by atoms with E-state index in [0.29, 0.717) is 38.1 Å². The Hall–Kier alpha value is -3.11. The number of aryl methyl sites for hydroxylation is 2. The molecule has 1 N–H and O–H groups in total. The minimum absolute atomic E-state index is 0.0503. The first-order chi connectivity index (χ1) is 17.0. The molecule has 0 spiro atoms. The molecule has 1 fully saturated rings. The van der Waals surface area contributed by atoms with Gasteiger partial charge in [0.05, 0.1) is 10.4 Å². The van der Waals surface area contributed by atoms with E-state index in [2.05, 4.69) is 35.6 Å². The first kappa shape index (κ1) is 26.0. The maximum Gasteiger partial charge on any atom is 0.419 e. The highest BCUT2D eigenvalue weighted by molar-refractivity contribution is 7.89. The van der Waals surface area contributed by atoms with Crippen LogP contribution in [0, 0.1) is 19.8 Å². The van der Waals surface area contributed by atoms with Gasteiger partial charge < -0.3 is 14.2 Å². The predicted molar refractivity (Wildman–Crippen MR) is 140 cm³/mol. The molecule has 0 radical (unpaired) electrons. The smallest absolute Gasteiger partial charge is 0.408 e. The highest BCUT2D eigenvalue weighted by atomic mass is 32.2. The van der Waals surface area contributed by atoms with E-state index in [1.54, 1.807) is 11.9 Å². The Labute approximate surface area is 211 Å². The monoisotopic (exact) mass is 514 g/mol. The number of carbonyl (C=O) groups excluding carboxylic acids is 1. The molecule has 0 aliphatic carbocycles. The second kappa shape index (κ2) is 10.1. The zero-order chi connectivity index (χ0) is 26.2. The van der Waals surface area contributed by atoms with E-state index in [4.69, 9.17) is 4.42 Å². The van der Waals surface area contributed by atoms with Crippen LogP contribution in [0.3, 0.4) is 0 Å². The molecule has 1 atom stereocenters. The summed E-state index contributed by atoms with van der Waals surface area (Å²) in [6.45, 7) is 10.5. The van der Waals surface area contributed by atoms with E-state index in [-0.39, 0.29) is 22.3 Å². The number of nitrogens with one attached hydrogen (secondary N) is 1. The predicted octanol–water partition coefficient (Wildman–Crippen LogP) is 2.79. The Morgan fingerprint density at radius 2 is 1.78 bits per heavy atom. The number of sulfonamides is 1. The van der Waals surface area contributed by atoms with Gasteiger partial charge in [0, 0.05) is 45.0 Å². The fourth-order valence-electron chi connectivity index (χ4n) is 4.67. The van der Waals surface area contributed by atoms with E-state index >= 15 is 0 Å². The average molecular weight is 515 g/mol. The first-order valence-electron chi connectivity index (χ1n) is 12.2. The Morgan fingerprint density at radius 1 is 1.08 bits per heavy atom. The fraction of sp³-hybridized carbons (Fsp3) is 0.462. The number of hydrogen-bond acceptors (Lipinski definition) is 6. The number of piperazine rings is 1. The van der Waals surface area contributed by atoms with Crippen LogP contribution in [0.15, 0.2) is 50.5 Å². The Bertz CT molecular complexity index is 1430. The van der Waals surface area contributed by atoms with Gasteiger partial charge in [-0.15, -0.1) is 0 Å². The first-order valence-corrected chi connectivity index (χ1v) is 13.7. The summed E-state index contributed by atoms with van der Waals surface area (Å²) in [5, 5.41) is 0. The second-order valence-corrected chi connectivity index (χ2v) is 11.6. The van der Waals surface area contributed by atoms with Crippen molar-refractivity contribution in [2.75, 3.05) is 31.1 Å². The van der Waals surface area contributed by atoms with E-state index in [1.165, 1.54) is 39.6 Å². The van der Waals surface area contributed by atoms with Gasteiger partial charge in [-0.05, 0) is 55.5 Å². The lowest BCUT2D eigenvalue weighted by molar-refractivity contribution is -0.133. The van der Waals surface area contributed by atoms with Crippen molar-refractivity contribution in [2.24, 2.45) is 13.0 Å². The normalized spacial score (nSPS) is 15.6. The van der Waals surface area contributed by atoms with Crippen molar-refractivity contribution in [1.82, 2.24) is 14.2 Å². The second-order valence-electron chi connectivity index (χ2n) is 9.89. The molecule has 0 bridgehead atoms. The van der Waals surface area contributed by atoms with Crippen molar-refractivity contribution in [3.05, 3.63) is 58.1 Å². The lowest BCUT2D eigenvalue weighted by Crippen LogP contribution is -2.55. The van der Waals surface area contributed by atoms with Gasteiger partial charge in [0.15, 0.2) is 5.58 Å². The number of nitrogens with zero attached hydrogens (tertiary/aromatic N) is 3. The summed E-state index contributed by atoms with van der Waals surface area (Å²) >= 11 is 0. The molecule has 2 aromatic carbocycles. The van der Waals surface area contributed by atoms with E-state index in [1.807, 2.05) is 19.9 Å². The summed E-state index contributed by atoms with van der Waals surface area (Å²) < 4.78 is 35.5. The van der Waals surface area contributed by atoms with E-state index < -0.39 is 21.8 Å². The number of hydrogen-bond donors (Lipinski definition) is 1.